The van der Waals surface area contributed by atoms with Gasteiger partial charge >= 0.3 is 5.97 Å². The van der Waals surface area contributed by atoms with Gasteiger partial charge in [0.1, 0.15) is 0 Å². The van der Waals surface area contributed by atoms with Crippen molar-refractivity contribution in [3.05, 3.63) is 12.2 Å². The summed E-state index contributed by atoms with van der Waals surface area (Å²) in [6, 6.07) is 0. The third kappa shape index (κ3) is 16.9. The molecular weight excluding hydrogens is 436 g/mol. The lowest BCUT2D eigenvalue weighted by molar-refractivity contribution is -0.131. The molecule has 5 atom stereocenters. The van der Waals surface area contributed by atoms with E-state index < -0.39 is 18.2 Å². The first-order valence-electron chi connectivity index (χ1n) is 12.9. The van der Waals surface area contributed by atoms with Crippen LogP contribution in [0, 0.1) is 11.8 Å². The Bertz CT molecular complexity index is 570. The monoisotopic (exact) mass is 486 g/mol. The topological polar surface area (TPSA) is 188 Å². The van der Waals surface area contributed by atoms with Crippen molar-refractivity contribution in [2.45, 2.75) is 109 Å². The van der Waals surface area contributed by atoms with Crippen LogP contribution in [0.4, 0.5) is 0 Å². The van der Waals surface area contributed by atoms with Crippen molar-refractivity contribution in [3.8, 4) is 0 Å². The number of nitrogens with two attached hydrogens (primary N) is 3. The molecule has 1 aliphatic carbocycles. The van der Waals surface area contributed by atoms with Gasteiger partial charge in [-0.15, -0.1) is 0 Å². The van der Waals surface area contributed by atoms with Crippen LogP contribution in [0.1, 0.15) is 90.4 Å². The smallest absolute Gasteiger partial charge is 0.327 e. The van der Waals surface area contributed by atoms with Crippen molar-refractivity contribution in [2.24, 2.45) is 34.0 Å². The molecule has 0 aromatic heterocycles. The summed E-state index contributed by atoms with van der Waals surface area (Å²) in [5.74, 6) is -0.620. The van der Waals surface area contributed by atoms with E-state index in [-0.39, 0.29) is 23.9 Å². The lowest BCUT2D eigenvalue weighted by Gasteiger charge is -2.24. The van der Waals surface area contributed by atoms with Gasteiger partial charge in [-0.25, -0.2) is 4.79 Å². The molecule has 0 heterocycles. The molecule has 0 spiro atoms. The lowest BCUT2D eigenvalue weighted by atomic mass is 9.84. The summed E-state index contributed by atoms with van der Waals surface area (Å²) >= 11 is 0. The number of guanidine groups is 1. The maximum Gasteiger partial charge on any atom is 0.327 e. The number of aliphatic hydroxyl groups excluding tert-OH is 3. The number of allylic oxidation sites excluding steroid dienone is 1. The first-order valence-corrected chi connectivity index (χ1v) is 12.9. The zero-order valence-corrected chi connectivity index (χ0v) is 21.0. The van der Waals surface area contributed by atoms with E-state index in [9.17, 15) is 20.1 Å². The number of unbranched alkanes of at least 4 members (excludes halogenated alkanes) is 5. The van der Waals surface area contributed by atoms with Crippen molar-refractivity contribution < 1.29 is 25.2 Å². The molecule has 0 aromatic carbocycles. The largest absolute Gasteiger partial charge is 0.478 e. The highest BCUT2D eigenvalue weighted by Gasteiger charge is 2.40. The summed E-state index contributed by atoms with van der Waals surface area (Å²) in [5.41, 5.74) is 15.4. The fraction of sp³-hybridized carbons (Fsp3) is 0.840. The predicted octanol–water partition coefficient (Wildman–Crippen LogP) is 2.27. The highest BCUT2D eigenvalue weighted by atomic mass is 16.4. The minimum Gasteiger partial charge on any atom is -0.478 e. The van der Waals surface area contributed by atoms with Gasteiger partial charge in [0.25, 0.3) is 0 Å². The van der Waals surface area contributed by atoms with Crippen LogP contribution in [0.5, 0.6) is 0 Å². The van der Waals surface area contributed by atoms with E-state index in [1.807, 2.05) is 0 Å². The molecule has 9 nitrogen and oxygen atoms in total. The van der Waals surface area contributed by atoms with E-state index in [2.05, 4.69) is 11.9 Å². The second-order valence-corrected chi connectivity index (χ2v) is 9.25. The molecule has 0 bridgehead atoms. The van der Waals surface area contributed by atoms with Crippen LogP contribution >= 0.6 is 0 Å². The van der Waals surface area contributed by atoms with Crippen molar-refractivity contribution >= 4 is 11.9 Å². The van der Waals surface area contributed by atoms with Gasteiger partial charge in [-0.05, 0) is 76.2 Å². The summed E-state index contributed by atoms with van der Waals surface area (Å²) in [4.78, 5) is 14.2. The highest BCUT2D eigenvalue weighted by Crippen LogP contribution is 2.39. The molecule has 1 rings (SSSR count). The van der Waals surface area contributed by atoms with E-state index in [1.165, 1.54) is 0 Å². The molecule has 10 N–H and O–H groups in total. The summed E-state index contributed by atoms with van der Waals surface area (Å²) < 4.78 is 0. The molecule has 9 heteroatoms. The first-order chi connectivity index (χ1) is 16.2. The second kappa shape index (κ2) is 20.7. The third-order valence-electron chi connectivity index (χ3n) is 6.32. The van der Waals surface area contributed by atoms with Crippen molar-refractivity contribution in [1.82, 2.24) is 0 Å². The van der Waals surface area contributed by atoms with Gasteiger partial charge in [0, 0.05) is 12.6 Å². The van der Waals surface area contributed by atoms with Gasteiger partial charge in [-0.2, -0.15) is 0 Å². The molecule has 0 radical (unpaired) electrons. The van der Waals surface area contributed by atoms with Gasteiger partial charge in [0.2, 0.25) is 0 Å². The minimum absolute atomic E-state index is 0.0605. The number of aliphatic hydroxyl groups is 3. The zero-order valence-electron chi connectivity index (χ0n) is 21.0. The van der Waals surface area contributed by atoms with Crippen molar-refractivity contribution in [2.75, 3.05) is 13.1 Å². The summed E-state index contributed by atoms with van der Waals surface area (Å²) in [7, 11) is 0. The number of carboxylic acids is 1. The van der Waals surface area contributed by atoms with E-state index in [4.69, 9.17) is 22.3 Å². The second-order valence-electron chi connectivity index (χ2n) is 9.25. The quantitative estimate of drug-likeness (QED) is 0.0705. The fourth-order valence-electron chi connectivity index (χ4n) is 4.43. The first kappa shape index (κ1) is 32.3. The number of hydrogen-bond donors (Lipinski definition) is 7. The van der Waals surface area contributed by atoms with Gasteiger partial charge in [-0.3, -0.25) is 4.99 Å². The standard InChI is InChI=1S/C20H36O5.C5H14N4/c1-2-3-6-9-15(21)12-13-17-16(18(22)14-19(17)23)10-7-4-5-8-11-20(24)25;6-3-1-2-4-9-5(7)8/h8,11,15-19,21-23H,2-7,9-10,12-14H2,1H3,(H,24,25);1-4,6H2,(H4,7,8,9)/t15-,16+,17+,18-,19+;/m0./s1. The molecule has 0 aromatic rings. The van der Waals surface area contributed by atoms with Crippen LogP contribution in [-0.4, -0.2) is 63.8 Å². The molecule has 0 unspecified atom stereocenters. The van der Waals surface area contributed by atoms with E-state index in [0.717, 1.165) is 76.7 Å². The SMILES string of the molecule is CCCCC[C@H](O)CC[C@@H]1[C@@H](CCCCC=CC(=O)O)[C@@H](O)C[C@H]1O.NCCCCN=C(N)N. The number of hydrogen-bond acceptors (Lipinski definition) is 6. The molecule has 1 fully saturated rings. The Labute approximate surface area is 205 Å². The third-order valence-corrected chi connectivity index (χ3v) is 6.32. The zero-order chi connectivity index (χ0) is 25.8. The number of carboxylic acid groups (broad SMARTS) is 1. The Morgan fingerprint density at radius 1 is 1.00 bits per heavy atom. The summed E-state index contributed by atoms with van der Waals surface area (Å²) in [6.07, 6.45) is 12.9. The molecule has 1 saturated carbocycles. The maximum absolute atomic E-state index is 10.4. The normalized spacial score (nSPS) is 22.9. The van der Waals surface area contributed by atoms with Crippen molar-refractivity contribution in [1.29, 1.82) is 0 Å². The summed E-state index contributed by atoms with van der Waals surface area (Å²) in [6.45, 7) is 3.55. The van der Waals surface area contributed by atoms with E-state index >= 15 is 0 Å². The Balaban J connectivity index is 0.00000102. The van der Waals surface area contributed by atoms with Crippen LogP contribution in [0.25, 0.3) is 0 Å². The molecule has 0 amide bonds. The van der Waals surface area contributed by atoms with Crippen molar-refractivity contribution in [3.63, 3.8) is 0 Å². The Kier molecular flexibility index (Phi) is 19.7. The lowest BCUT2D eigenvalue weighted by Crippen LogP contribution is -2.24. The van der Waals surface area contributed by atoms with Gasteiger partial charge in [-0.1, -0.05) is 38.7 Å². The number of aliphatic imine (C=N–C) groups is 1. The highest BCUT2D eigenvalue weighted by molar-refractivity contribution is 5.79. The predicted molar refractivity (Wildman–Crippen MR) is 137 cm³/mol. The molecular formula is C25H50N4O5. The number of nitrogens with zero attached hydrogens (tertiary/aromatic N) is 1. The summed E-state index contributed by atoms with van der Waals surface area (Å²) in [5, 5.41) is 39.1. The average Bonchev–Trinajstić information content (AvgIpc) is 3.04. The molecule has 200 valence electrons. The maximum atomic E-state index is 10.4. The van der Waals surface area contributed by atoms with Gasteiger partial charge in [0.15, 0.2) is 5.96 Å². The Morgan fingerprint density at radius 3 is 2.26 bits per heavy atom. The Hall–Kier alpha value is -1.68. The van der Waals surface area contributed by atoms with Crippen LogP contribution in [0.15, 0.2) is 17.1 Å². The molecule has 0 saturated heterocycles. The number of aliphatic carboxylic acids is 1. The fourth-order valence-corrected chi connectivity index (χ4v) is 4.43. The van der Waals surface area contributed by atoms with Crippen LogP contribution < -0.4 is 17.2 Å². The molecule has 1 aliphatic rings. The van der Waals surface area contributed by atoms with Crippen LogP contribution in [0.3, 0.4) is 0 Å². The average molecular weight is 487 g/mol. The van der Waals surface area contributed by atoms with Crippen LogP contribution in [-0.2, 0) is 4.79 Å². The Morgan fingerprint density at radius 2 is 1.68 bits per heavy atom. The van der Waals surface area contributed by atoms with Crippen LogP contribution in [0.2, 0.25) is 0 Å². The minimum atomic E-state index is -0.924. The van der Waals surface area contributed by atoms with E-state index in [0.29, 0.717) is 25.9 Å². The molecule has 0 aliphatic heterocycles. The number of rotatable bonds is 17. The number of carbonyl (C=O) groups is 1. The van der Waals surface area contributed by atoms with Gasteiger partial charge < -0.3 is 37.6 Å². The van der Waals surface area contributed by atoms with E-state index in [1.54, 1.807) is 6.08 Å². The van der Waals surface area contributed by atoms with Gasteiger partial charge in [0.05, 0.1) is 18.3 Å². The molecule has 34 heavy (non-hydrogen) atoms.